The van der Waals surface area contributed by atoms with E-state index < -0.39 is 59.9 Å². The number of thioether (sulfide) groups is 1. The molecular weight excluding hydrogens is 484 g/mol. The highest BCUT2D eigenvalue weighted by Crippen LogP contribution is 2.21. The van der Waals surface area contributed by atoms with Gasteiger partial charge in [0.15, 0.2) is 0 Å². The van der Waals surface area contributed by atoms with Crippen LogP contribution in [0.5, 0.6) is 0 Å². The van der Waals surface area contributed by atoms with Crippen LogP contribution < -0.4 is 21.3 Å². The number of unbranched alkanes of at least 4 members (excludes halogenated alkanes) is 1. The van der Waals surface area contributed by atoms with Crippen molar-refractivity contribution in [2.75, 3.05) is 5.75 Å². The first-order valence-corrected chi connectivity index (χ1v) is 13.7. The summed E-state index contributed by atoms with van der Waals surface area (Å²) in [4.78, 5) is 65.2. The summed E-state index contributed by atoms with van der Waals surface area (Å²) in [6.07, 6.45) is 4.10. The molecule has 4 N–H and O–H groups in total. The molecule has 0 aromatic rings. The molecule has 10 nitrogen and oxygen atoms in total. The lowest BCUT2D eigenvalue weighted by molar-refractivity contribution is -0.153. The smallest absolute Gasteiger partial charge is 0.329 e. The highest BCUT2D eigenvalue weighted by atomic mass is 32.2. The molecule has 11 heteroatoms. The Balaban J connectivity index is 2.44. The van der Waals surface area contributed by atoms with Crippen molar-refractivity contribution >= 4 is 41.4 Å². The van der Waals surface area contributed by atoms with E-state index in [9.17, 15) is 24.0 Å². The van der Waals surface area contributed by atoms with Crippen LogP contribution >= 0.6 is 11.8 Å². The van der Waals surface area contributed by atoms with E-state index in [1.807, 2.05) is 19.9 Å². The molecule has 2 saturated heterocycles. The van der Waals surface area contributed by atoms with Crippen LogP contribution in [0.15, 0.2) is 12.2 Å². The Bertz CT molecular complexity index is 861. The van der Waals surface area contributed by atoms with Gasteiger partial charge in [-0.05, 0) is 24.3 Å². The van der Waals surface area contributed by atoms with Gasteiger partial charge in [-0.1, -0.05) is 54.0 Å². The zero-order valence-electron chi connectivity index (χ0n) is 22.0. The number of carbonyl (C=O) groups is 5. The van der Waals surface area contributed by atoms with Crippen LogP contribution in [0.1, 0.15) is 60.8 Å². The first kappa shape index (κ1) is 29.7. The van der Waals surface area contributed by atoms with E-state index in [2.05, 4.69) is 21.3 Å². The normalized spacial score (nSPS) is 31.1. The van der Waals surface area contributed by atoms with E-state index in [-0.39, 0.29) is 29.3 Å². The predicted octanol–water partition coefficient (Wildman–Crippen LogP) is 1.04. The number of fused-ring (bicyclic) bond motifs is 3. The van der Waals surface area contributed by atoms with E-state index in [1.54, 1.807) is 33.8 Å². The second-order valence-electron chi connectivity index (χ2n) is 10.0. The highest BCUT2D eigenvalue weighted by molar-refractivity contribution is 8.00. The van der Waals surface area contributed by atoms with Crippen molar-refractivity contribution in [3.63, 3.8) is 0 Å². The van der Waals surface area contributed by atoms with Crippen LogP contribution in [0.4, 0.5) is 0 Å². The molecule has 2 aliphatic heterocycles. The minimum absolute atomic E-state index is 0.180. The third-order valence-electron chi connectivity index (χ3n) is 6.15. The zero-order chi connectivity index (χ0) is 27.0. The number of carbonyl (C=O) groups excluding carboxylic acids is 5. The monoisotopic (exact) mass is 524 g/mol. The highest BCUT2D eigenvalue weighted by Gasteiger charge is 2.39. The Morgan fingerprint density at radius 2 is 1.58 bits per heavy atom. The van der Waals surface area contributed by atoms with Crippen molar-refractivity contribution in [3.05, 3.63) is 12.2 Å². The fourth-order valence-electron chi connectivity index (χ4n) is 3.92. The number of allylic oxidation sites excluding steroid dienone is 1. The van der Waals surface area contributed by atoms with Gasteiger partial charge in [0.25, 0.3) is 0 Å². The minimum Gasteiger partial charge on any atom is -0.456 e. The van der Waals surface area contributed by atoms with Crippen molar-refractivity contribution in [2.45, 2.75) is 96.3 Å². The van der Waals surface area contributed by atoms with Gasteiger partial charge in [-0.25, -0.2) is 4.79 Å². The SMILES string of the molecule is CCC/C=C/[C@H]1CC(=O)N[C@H](C(C)C)C(=O)N[C@H]2CSC(C)C(NC2=O)C(=O)N[C@@H](C(C)C)C(=O)O1. The van der Waals surface area contributed by atoms with Crippen molar-refractivity contribution in [2.24, 2.45) is 11.8 Å². The van der Waals surface area contributed by atoms with Crippen LogP contribution in [0.3, 0.4) is 0 Å². The summed E-state index contributed by atoms with van der Waals surface area (Å²) < 4.78 is 5.67. The summed E-state index contributed by atoms with van der Waals surface area (Å²) in [5.41, 5.74) is 0. The van der Waals surface area contributed by atoms with Crippen LogP contribution in [-0.4, -0.2) is 70.9 Å². The number of ether oxygens (including phenoxy) is 1. The topological polar surface area (TPSA) is 143 Å². The largest absolute Gasteiger partial charge is 0.456 e. The summed E-state index contributed by atoms with van der Waals surface area (Å²) >= 11 is 1.37. The Kier molecular flexibility index (Phi) is 11.3. The molecule has 36 heavy (non-hydrogen) atoms. The molecule has 0 radical (unpaired) electrons. The number of hydrogen-bond donors (Lipinski definition) is 4. The van der Waals surface area contributed by atoms with Crippen LogP contribution in [0.2, 0.25) is 0 Å². The molecule has 0 saturated carbocycles. The van der Waals surface area contributed by atoms with Gasteiger partial charge in [0.2, 0.25) is 23.6 Å². The molecule has 2 fully saturated rings. The van der Waals surface area contributed by atoms with E-state index in [4.69, 9.17) is 4.74 Å². The maximum absolute atomic E-state index is 13.2. The summed E-state index contributed by atoms with van der Waals surface area (Å²) in [6.45, 7) is 11.0. The fourth-order valence-corrected chi connectivity index (χ4v) is 5.03. The fraction of sp³-hybridized carbons (Fsp3) is 0.720. The van der Waals surface area contributed by atoms with Crippen molar-refractivity contribution in [3.8, 4) is 0 Å². The minimum atomic E-state index is -0.966. The van der Waals surface area contributed by atoms with Gasteiger partial charge in [0.1, 0.15) is 30.3 Å². The number of rotatable bonds is 5. The average Bonchev–Trinajstić information content (AvgIpc) is 2.93. The molecule has 6 atom stereocenters. The zero-order valence-corrected chi connectivity index (χ0v) is 22.8. The van der Waals surface area contributed by atoms with Crippen molar-refractivity contribution < 1.29 is 28.7 Å². The van der Waals surface area contributed by atoms with Gasteiger partial charge >= 0.3 is 5.97 Å². The molecule has 0 spiro atoms. The van der Waals surface area contributed by atoms with Gasteiger partial charge in [0.05, 0.1) is 6.42 Å². The molecule has 2 bridgehead atoms. The van der Waals surface area contributed by atoms with Gasteiger partial charge < -0.3 is 26.0 Å². The van der Waals surface area contributed by atoms with Gasteiger partial charge in [-0.2, -0.15) is 11.8 Å². The van der Waals surface area contributed by atoms with Crippen molar-refractivity contribution in [1.29, 1.82) is 0 Å². The lowest BCUT2D eigenvalue weighted by Gasteiger charge is -2.28. The number of amides is 4. The van der Waals surface area contributed by atoms with Gasteiger partial charge in [-0.3, -0.25) is 19.2 Å². The first-order valence-electron chi connectivity index (χ1n) is 12.6. The summed E-state index contributed by atoms with van der Waals surface area (Å²) in [5.74, 6) is -2.91. The molecule has 2 heterocycles. The Labute approximate surface area is 217 Å². The lowest BCUT2D eigenvalue weighted by atomic mass is 10.0. The summed E-state index contributed by atoms with van der Waals surface area (Å²) in [6, 6.07) is -3.62. The molecule has 2 rings (SSSR count). The van der Waals surface area contributed by atoms with E-state index in [0.29, 0.717) is 0 Å². The Hall–Kier alpha value is -2.56. The van der Waals surface area contributed by atoms with Crippen LogP contribution in [0, 0.1) is 11.8 Å². The number of hydrogen-bond acceptors (Lipinski definition) is 7. The molecule has 0 aliphatic carbocycles. The van der Waals surface area contributed by atoms with Gasteiger partial charge in [0, 0.05) is 11.0 Å². The predicted molar refractivity (Wildman–Crippen MR) is 138 cm³/mol. The van der Waals surface area contributed by atoms with Gasteiger partial charge in [-0.15, -0.1) is 0 Å². The quantitative estimate of drug-likeness (QED) is 0.311. The summed E-state index contributed by atoms with van der Waals surface area (Å²) in [7, 11) is 0. The van der Waals surface area contributed by atoms with E-state index in [1.165, 1.54) is 11.8 Å². The van der Waals surface area contributed by atoms with Crippen LogP contribution in [0.25, 0.3) is 0 Å². The maximum atomic E-state index is 13.2. The van der Waals surface area contributed by atoms with E-state index in [0.717, 1.165) is 12.8 Å². The first-order chi connectivity index (χ1) is 16.9. The molecule has 202 valence electrons. The number of nitrogens with one attached hydrogen (secondary N) is 4. The average molecular weight is 525 g/mol. The molecule has 2 unspecified atom stereocenters. The molecule has 4 amide bonds. The van der Waals surface area contributed by atoms with Crippen LogP contribution in [-0.2, 0) is 28.7 Å². The van der Waals surface area contributed by atoms with Crippen molar-refractivity contribution in [1.82, 2.24) is 21.3 Å². The van der Waals surface area contributed by atoms with E-state index >= 15 is 0 Å². The second kappa shape index (κ2) is 13.7. The Morgan fingerprint density at radius 1 is 0.917 bits per heavy atom. The molecular formula is C25H40N4O6S. The maximum Gasteiger partial charge on any atom is 0.329 e. The second-order valence-corrected chi connectivity index (χ2v) is 11.4. The summed E-state index contributed by atoms with van der Waals surface area (Å²) in [5, 5.41) is 10.6. The lowest BCUT2D eigenvalue weighted by Crippen LogP contribution is -2.59. The molecule has 2 aliphatic rings. The third-order valence-corrected chi connectivity index (χ3v) is 7.48. The number of esters is 1. The standard InChI is InChI=1S/C25H40N4O6S/c1-7-8-9-10-16-11-18(30)27-19(13(2)3)23(32)26-17-12-36-15(6)21(29-22(17)31)24(33)28-20(14(4)5)25(34)35-16/h9-10,13-17,19-21H,7-8,11-12H2,1-6H3,(H,26,32)(H,27,30)(H,28,33)(H,29,31)/b10-9+/t15?,16-,17-,19+,20-,21?/m0/s1. The number of cyclic esters (lactones) is 1. The third kappa shape index (κ3) is 8.25. The molecule has 0 aromatic carbocycles. The Morgan fingerprint density at radius 3 is 2.19 bits per heavy atom. The molecule has 0 aromatic heterocycles.